The van der Waals surface area contributed by atoms with Crippen molar-refractivity contribution in [3.8, 4) is 5.75 Å². The van der Waals surface area contributed by atoms with Crippen LogP contribution in [0.25, 0.3) is 0 Å². The largest absolute Gasteiger partial charge is 2.00 e. The van der Waals surface area contributed by atoms with Crippen LogP contribution < -0.4 is 10.4 Å². The maximum Gasteiger partial charge on any atom is 2.00 e. The van der Waals surface area contributed by atoms with E-state index in [4.69, 9.17) is 22.2 Å². The zero-order chi connectivity index (χ0) is 23.6. The molecule has 0 bridgehead atoms. The molecule has 2 N–H and O–H groups in total. The molecule has 0 spiro atoms. The molecule has 34 heavy (non-hydrogen) atoms. The molecule has 4 rings (SSSR count). The summed E-state index contributed by atoms with van der Waals surface area (Å²) in [6, 6.07) is 23.3. The van der Waals surface area contributed by atoms with E-state index in [0.29, 0.717) is 22.0 Å². The number of aromatic carboxylic acids is 1. The standard InChI is InChI=1S/C13H11NO3.C12H9NO2S.Zn/c15-12-8-4-3-7-11(12)14-10-6-2-1-5-9(10)13(16)17;14-10(11-5-3-7-15-11)8-13-9-4-1-2-6-12(9)16;/h1-8,14-15H,(H,16,17);1-8,16H;/q;;+2/p-2. The first-order chi connectivity index (χ1) is 16.0. The summed E-state index contributed by atoms with van der Waals surface area (Å²) >= 11 is 5.06. The van der Waals surface area contributed by atoms with Crippen LogP contribution in [0.2, 0.25) is 0 Å². The molecule has 9 heteroatoms. The molecule has 4 aromatic rings. The molecule has 0 fully saturated rings. The first kappa shape index (κ1) is 26.4. The van der Waals surface area contributed by atoms with Crippen LogP contribution >= 0.6 is 0 Å². The van der Waals surface area contributed by atoms with Gasteiger partial charge in [0.2, 0.25) is 5.78 Å². The van der Waals surface area contributed by atoms with Gasteiger partial charge in [-0.05, 0) is 36.4 Å². The van der Waals surface area contributed by atoms with Crippen molar-refractivity contribution in [2.24, 2.45) is 4.99 Å². The maximum absolute atomic E-state index is 11.5. The van der Waals surface area contributed by atoms with Gasteiger partial charge >= 0.3 is 25.4 Å². The van der Waals surface area contributed by atoms with Gasteiger partial charge in [-0.1, -0.05) is 54.3 Å². The van der Waals surface area contributed by atoms with Crippen LogP contribution in [0.5, 0.6) is 5.75 Å². The van der Waals surface area contributed by atoms with Gasteiger partial charge in [0.1, 0.15) is 0 Å². The first-order valence-corrected chi connectivity index (χ1v) is 10.1. The smallest absolute Gasteiger partial charge is 0.871 e. The minimum Gasteiger partial charge on any atom is -0.871 e. The van der Waals surface area contributed by atoms with E-state index < -0.39 is 5.97 Å². The number of nitrogens with one attached hydrogen (secondary N) is 1. The van der Waals surface area contributed by atoms with Crippen molar-refractivity contribution in [1.29, 1.82) is 0 Å². The second-order valence-corrected chi connectivity index (χ2v) is 6.98. The molecule has 0 atom stereocenters. The number of furan rings is 1. The summed E-state index contributed by atoms with van der Waals surface area (Å²) in [4.78, 5) is 27.1. The van der Waals surface area contributed by atoms with Crippen LogP contribution in [-0.4, -0.2) is 23.1 Å². The Kier molecular flexibility index (Phi) is 10.1. The topological polar surface area (TPSA) is 115 Å². The minimum absolute atomic E-state index is 0. The van der Waals surface area contributed by atoms with Crippen molar-refractivity contribution in [3.63, 3.8) is 0 Å². The number of ketones is 1. The molecule has 0 saturated heterocycles. The number of anilines is 2. The van der Waals surface area contributed by atoms with E-state index in [9.17, 15) is 14.7 Å². The number of carboxylic acids is 1. The Morgan fingerprint density at radius 3 is 2.21 bits per heavy atom. The number of rotatable bonds is 6. The van der Waals surface area contributed by atoms with Crippen LogP contribution in [0.1, 0.15) is 20.9 Å². The number of nitrogens with zero attached hydrogens (tertiary/aromatic N) is 1. The molecule has 0 radical (unpaired) electrons. The van der Waals surface area contributed by atoms with Gasteiger partial charge in [-0.3, -0.25) is 9.79 Å². The normalized spacial score (nSPS) is 10.0. The number of para-hydroxylation sites is 4. The zero-order valence-corrected chi connectivity index (χ0v) is 21.7. The molecule has 0 saturated carbocycles. The Labute approximate surface area is 214 Å². The van der Waals surface area contributed by atoms with Crippen LogP contribution in [-0.2, 0) is 32.1 Å². The van der Waals surface area contributed by atoms with Crippen molar-refractivity contribution in [2.75, 3.05) is 5.32 Å². The summed E-state index contributed by atoms with van der Waals surface area (Å²) in [6.07, 6.45) is 2.66. The van der Waals surface area contributed by atoms with Gasteiger partial charge in [0.15, 0.2) is 5.76 Å². The van der Waals surface area contributed by atoms with Crippen molar-refractivity contribution in [2.45, 2.75) is 4.90 Å². The van der Waals surface area contributed by atoms with Crippen LogP contribution in [0.4, 0.5) is 17.1 Å². The van der Waals surface area contributed by atoms with Crippen molar-refractivity contribution >= 4 is 47.7 Å². The number of carboxylic acid groups (broad SMARTS) is 1. The molecule has 0 aliphatic rings. The Hall–Kier alpha value is -3.81. The Balaban J connectivity index is 0.000000234. The van der Waals surface area contributed by atoms with Crippen LogP contribution in [0, 0.1) is 0 Å². The number of carbonyl (C=O) groups excluding carboxylic acids is 1. The molecule has 1 aromatic heterocycles. The predicted molar refractivity (Wildman–Crippen MR) is 126 cm³/mol. The fourth-order valence-corrected chi connectivity index (χ4v) is 2.87. The minimum atomic E-state index is -1.03. The quantitative estimate of drug-likeness (QED) is 0.159. The number of Topliss-reactive ketones (excluding diaryl/α,β-unsaturated/α-hetero) is 1. The summed E-state index contributed by atoms with van der Waals surface area (Å²) in [5.41, 5.74) is 1.51. The van der Waals surface area contributed by atoms with Crippen LogP contribution in [0.3, 0.4) is 0 Å². The number of hydrogen-bond donors (Lipinski definition) is 2. The van der Waals surface area contributed by atoms with Gasteiger partial charge in [-0.2, -0.15) is 0 Å². The second-order valence-electron chi connectivity index (χ2n) is 6.54. The Bertz CT molecular complexity index is 1280. The fourth-order valence-electron chi connectivity index (χ4n) is 2.67. The number of aliphatic imine (C=N–C) groups is 1. The third-order valence-electron chi connectivity index (χ3n) is 4.26. The summed E-state index contributed by atoms with van der Waals surface area (Å²) < 4.78 is 4.95. The van der Waals surface area contributed by atoms with E-state index in [1.54, 1.807) is 60.7 Å². The fraction of sp³-hybridized carbons (Fsp3) is 0. The molecular weight excluding hydrogens is 506 g/mol. The summed E-state index contributed by atoms with van der Waals surface area (Å²) in [7, 11) is 0. The monoisotopic (exact) mass is 522 g/mol. The SMILES string of the molecule is O=C(C=Nc1ccccc1[S-])c1ccco1.O=C(O)c1ccccc1Nc1ccccc1[O-].[Zn+2]. The van der Waals surface area contributed by atoms with E-state index in [1.807, 2.05) is 12.1 Å². The van der Waals surface area contributed by atoms with E-state index in [0.717, 1.165) is 0 Å². The van der Waals surface area contributed by atoms with Crippen molar-refractivity contribution in [1.82, 2.24) is 0 Å². The van der Waals surface area contributed by atoms with Gasteiger partial charge in [0.25, 0.3) is 0 Å². The maximum atomic E-state index is 11.5. The van der Waals surface area contributed by atoms with Gasteiger partial charge in [0.05, 0.1) is 23.7 Å². The zero-order valence-electron chi connectivity index (χ0n) is 17.9. The summed E-state index contributed by atoms with van der Waals surface area (Å²) in [6.45, 7) is 0. The summed E-state index contributed by atoms with van der Waals surface area (Å²) in [5, 5.41) is 23.3. The van der Waals surface area contributed by atoms with Crippen molar-refractivity contribution < 1.29 is 43.7 Å². The molecule has 0 amide bonds. The molecule has 0 aliphatic carbocycles. The molecule has 0 aliphatic heterocycles. The average molecular weight is 524 g/mol. The molecule has 1 heterocycles. The van der Waals surface area contributed by atoms with Crippen LogP contribution in [0.15, 0.2) is 105 Å². The summed E-state index contributed by atoms with van der Waals surface area (Å²) in [5.74, 6) is -1.21. The third kappa shape index (κ3) is 7.37. The van der Waals surface area contributed by atoms with E-state index in [1.165, 1.54) is 24.6 Å². The molecule has 0 unspecified atom stereocenters. The van der Waals surface area contributed by atoms with Gasteiger partial charge in [0, 0.05) is 11.4 Å². The first-order valence-electron chi connectivity index (χ1n) is 9.69. The van der Waals surface area contributed by atoms with Gasteiger partial charge in [-0.25, -0.2) is 4.79 Å². The predicted octanol–water partition coefficient (Wildman–Crippen LogP) is 4.97. The van der Waals surface area contributed by atoms with Gasteiger partial charge < -0.3 is 32.6 Å². The molecular formula is C25H18N2O5SZn. The van der Waals surface area contributed by atoms with Gasteiger partial charge in [-0.15, -0.1) is 4.90 Å². The number of carbonyl (C=O) groups is 2. The number of hydrogen-bond acceptors (Lipinski definition) is 7. The average Bonchev–Trinajstić information content (AvgIpc) is 3.36. The Morgan fingerprint density at radius 2 is 1.56 bits per heavy atom. The van der Waals surface area contributed by atoms with E-state index in [-0.39, 0.29) is 42.3 Å². The Morgan fingerprint density at radius 1 is 0.912 bits per heavy atom. The van der Waals surface area contributed by atoms with E-state index >= 15 is 0 Å². The second kappa shape index (κ2) is 13.0. The molecule has 7 nitrogen and oxygen atoms in total. The molecule has 3 aromatic carbocycles. The van der Waals surface area contributed by atoms with E-state index in [2.05, 4.69) is 10.3 Å². The molecule has 166 valence electrons. The number of benzene rings is 3. The van der Waals surface area contributed by atoms with Crippen molar-refractivity contribution in [3.05, 3.63) is 103 Å². The third-order valence-corrected chi connectivity index (χ3v) is 4.61.